The molecule has 0 saturated carbocycles. The molecule has 1 aromatic heterocycles. The van der Waals surface area contributed by atoms with Crippen LogP contribution in [0.1, 0.15) is 18.8 Å². The number of halogens is 2. The molecule has 0 aliphatic carbocycles. The number of ether oxygens (including phenoxy) is 1. The van der Waals surface area contributed by atoms with E-state index in [2.05, 4.69) is 15.5 Å². The molecule has 15 heavy (non-hydrogen) atoms. The molecule has 0 amide bonds. The first-order chi connectivity index (χ1) is 7.11. The van der Waals surface area contributed by atoms with Crippen molar-refractivity contribution in [3.63, 3.8) is 0 Å². The summed E-state index contributed by atoms with van der Waals surface area (Å²) in [5, 5.41) is 10.8. The summed E-state index contributed by atoms with van der Waals surface area (Å²) in [5.41, 5.74) is 5.59. The van der Waals surface area contributed by atoms with Crippen LogP contribution in [0.15, 0.2) is 0 Å². The molecule has 0 aromatic carbocycles. The van der Waals surface area contributed by atoms with Gasteiger partial charge in [0.2, 0.25) is 0 Å². The van der Waals surface area contributed by atoms with E-state index in [1.54, 1.807) is 6.92 Å². The zero-order valence-electron chi connectivity index (χ0n) is 8.31. The maximum absolute atomic E-state index is 11.7. The lowest BCUT2D eigenvalue weighted by Crippen LogP contribution is -2.18. The summed E-state index contributed by atoms with van der Waals surface area (Å²) in [4.78, 5) is 0. The summed E-state index contributed by atoms with van der Waals surface area (Å²) in [6.45, 7) is 1.61. The highest BCUT2D eigenvalue weighted by Gasteiger charge is 2.10. The lowest BCUT2D eigenvalue weighted by atomic mass is 10.3. The summed E-state index contributed by atoms with van der Waals surface area (Å²) in [7, 11) is 0. The number of hydrogen-bond acceptors (Lipinski definition) is 5. The molecule has 0 bridgehead atoms. The second-order valence-corrected chi connectivity index (χ2v) is 3.01. The van der Waals surface area contributed by atoms with Crippen molar-refractivity contribution in [2.24, 2.45) is 5.73 Å². The lowest BCUT2D eigenvalue weighted by Gasteiger charge is -2.07. The Hall–Kier alpha value is -1.15. The van der Waals surface area contributed by atoms with Crippen LogP contribution in [-0.4, -0.2) is 39.8 Å². The minimum atomic E-state index is -2.45. The largest absolute Gasteiger partial charge is 0.374 e. The van der Waals surface area contributed by atoms with Crippen LogP contribution in [0.3, 0.4) is 0 Å². The van der Waals surface area contributed by atoms with E-state index in [-0.39, 0.29) is 12.6 Å². The molecular weight excluding hydrogens is 208 g/mol. The van der Waals surface area contributed by atoms with E-state index < -0.39 is 13.0 Å². The molecule has 86 valence electrons. The summed E-state index contributed by atoms with van der Waals surface area (Å²) in [6, 6.07) is -0.296. The van der Waals surface area contributed by atoms with Gasteiger partial charge in [0.05, 0.1) is 19.2 Å². The molecule has 0 radical (unpaired) electrons. The molecule has 0 saturated heterocycles. The maximum Gasteiger partial charge on any atom is 0.261 e. The summed E-state index contributed by atoms with van der Waals surface area (Å²) < 4.78 is 29.6. The van der Waals surface area contributed by atoms with Crippen molar-refractivity contribution in [3.8, 4) is 0 Å². The highest BCUT2D eigenvalue weighted by molar-refractivity contribution is 4.86. The monoisotopic (exact) mass is 221 g/mol. The quantitative estimate of drug-likeness (QED) is 0.682. The number of aromatic nitrogens is 4. The van der Waals surface area contributed by atoms with E-state index in [1.807, 2.05) is 0 Å². The second kappa shape index (κ2) is 5.66. The molecule has 1 rings (SSSR count). The van der Waals surface area contributed by atoms with Gasteiger partial charge in [0.25, 0.3) is 6.43 Å². The molecule has 1 aromatic rings. The van der Waals surface area contributed by atoms with Gasteiger partial charge in [-0.15, -0.1) is 5.10 Å². The molecule has 0 spiro atoms. The van der Waals surface area contributed by atoms with Crippen molar-refractivity contribution in [1.29, 1.82) is 0 Å². The Balaban J connectivity index is 2.34. The van der Waals surface area contributed by atoms with Gasteiger partial charge in [-0.1, -0.05) is 0 Å². The Morgan fingerprint density at radius 3 is 2.87 bits per heavy atom. The standard InChI is InChI=1S/C7H13F2N5O/c1-5(10)7-11-12-13-14(7)2-3-15-4-6(8)9/h5-6H,2-4,10H2,1H3. The highest BCUT2D eigenvalue weighted by Crippen LogP contribution is 2.02. The third kappa shape index (κ3) is 3.84. The van der Waals surface area contributed by atoms with Crippen LogP contribution in [0.5, 0.6) is 0 Å². The predicted octanol–water partition coefficient (Wildman–Crippen LogP) is -0.0255. The predicted molar refractivity (Wildman–Crippen MR) is 47.2 cm³/mol. The molecule has 8 heteroatoms. The number of rotatable bonds is 6. The second-order valence-electron chi connectivity index (χ2n) is 3.01. The lowest BCUT2D eigenvalue weighted by molar-refractivity contribution is 0.0136. The van der Waals surface area contributed by atoms with E-state index in [0.717, 1.165) is 0 Å². The van der Waals surface area contributed by atoms with Crippen LogP contribution in [0.25, 0.3) is 0 Å². The van der Waals surface area contributed by atoms with E-state index >= 15 is 0 Å². The molecule has 1 heterocycles. The van der Waals surface area contributed by atoms with Crippen molar-refractivity contribution in [2.45, 2.75) is 25.9 Å². The molecule has 1 atom stereocenters. The maximum atomic E-state index is 11.7. The number of nitrogens with zero attached hydrogens (tertiary/aromatic N) is 4. The number of alkyl halides is 2. The van der Waals surface area contributed by atoms with E-state index in [1.165, 1.54) is 4.68 Å². The van der Waals surface area contributed by atoms with Gasteiger partial charge < -0.3 is 10.5 Å². The van der Waals surface area contributed by atoms with E-state index in [4.69, 9.17) is 10.5 Å². The minimum absolute atomic E-state index is 0.134. The topological polar surface area (TPSA) is 78.9 Å². The van der Waals surface area contributed by atoms with Crippen molar-refractivity contribution < 1.29 is 13.5 Å². The summed E-state index contributed by atoms with van der Waals surface area (Å²) in [5.74, 6) is 0.510. The average molecular weight is 221 g/mol. The SMILES string of the molecule is CC(N)c1nnnn1CCOCC(F)F. The normalized spacial score (nSPS) is 13.4. The third-order valence-electron chi connectivity index (χ3n) is 1.66. The highest BCUT2D eigenvalue weighted by atomic mass is 19.3. The van der Waals surface area contributed by atoms with Gasteiger partial charge in [-0.05, 0) is 17.4 Å². The van der Waals surface area contributed by atoms with Gasteiger partial charge in [-0.3, -0.25) is 0 Å². The van der Waals surface area contributed by atoms with Crippen molar-refractivity contribution in [1.82, 2.24) is 20.2 Å². The Morgan fingerprint density at radius 1 is 1.53 bits per heavy atom. The van der Waals surface area contributed by atoms with E-state index in [0.29, 0.717) is 12.4 Å². The number of nitrogens with two attached hydrogens (primary N) is 1. The van der Waals surface area contributed by atoms with Crippen molar-refractivity contribution in [2.75, 3.05) is 13.2 Å². The summed E-state index contributed by atoms with van der Waals surface area (Å²) >= 11 is 0. The van der Waals surface area contributed by atoms with Gasteiger partial charge in [-0.2, -0.15) is 0 Å². The van der Waals surface area contributed by atoms with Crippen LogP contribution in [0.4, 0.5) is 8.78 Å². The van der Waals surface area contributed by atoms with Gasteiger partial charge in [-0.25, -0.2) is 13.5 Å². The van der Waals surface area contributed by atoms with Crippen LogP contribution in [0.2, 0.25) is 0 Å². The average Bonchev–Trinajstić information content (AvgIpc) is 2.60. The van der Waals surface area contributed by atoms with Gasteiger partial charge in [0, 0.05) is 0 Å². The Labute approximate surface area is 85.4 Å². The number of tetrazole rings is 1. The fraction of sp³-hybridized carbons (Fsp3) is 0.857. The smallest absolute Gasteiger partial charge is 0.261 e. The van der Waals surface area contributed by atoms with Crippen LogP contribution >= 0.6 is 0 Å². The van der Waals surface area contributed by atoms with Gasteiger partial charge in [0.1, 0.15) is 6.61 Å². The molecule has 0 aliphatic heterocycles. The third-order valence-corrected chi connectivity index (χ3v) is 1.66. The Morgan fingerprint density at radius 2 is 2.27 bits per heavy atom. The summed E-state index contributed by atoms with van der Waals surface area (Å²) in [6.07, 6.45) is -2.45. The van der Waals surface area contributed by atoms with Gasteiger partial charge in [0.15, 0.2) is 5.82 Å². The fourth-order valence-corrected chi connectivity index (χ4v) is 1.02. The first-order valence-electron chi connectivity index (χ1n) is 4.48. The molecule has 0 fully saturated rings. The first-order valence-corrected chi connectivity index (χ1v) is 4.48. The van der Waals surface area contributed by atoms with E-state index in [9.17, 15) is 8.78 Å². The molecule has 2 N–H and O–H groups in total. The molecular formula is C7H13F2N5O. The molecule has 0 aliphatic rings. The minimum Gasteiger partial charge on any atom is -0.374 e. The zero-order valence-corrected chi connectivity index (χ0v) is 8.31. The molecule has 1 unspecified atom stereocenters. The Bertz CT molecular complexity index is 291. The molecule has 6 nitrogen and oxygen atoms in total. The zero-order chi connectivity index (χ0) is 11.3. The van der Waals surface area contributed by atoms with Crippen LogP contribution in [0, 0.1) is 0 Å². The van der Waals surface area contributed by atoms with Crippen LogP contribution in [-0.2, 0) is 11.3 Å². The van der Waals surface area contributed by atoms with Crippen molar-refractivity contribution in [3.05, 3.63) is 5.82 Å². The number of hydrogen-bond donors (Lipinski definition) is 1. The first kappa shape index (κ1) is 11.9. The Kier molecular flexibility index (Phi) is 4.50. The fourth-order valence-electron chi connectivity index (χ4n) is 1.02. The van der Waals surface area contributed by atoms with Crippen molar-refractivity contribution >= 4 is 0 Å². The van der Waals surface area contributed by atoms with Gasteiger partial charge >= 0.3 is 0 Å². The van der Waals surface area contributed by atoms with Crippen LogP contribution < -0.4 is 5.73 Å².